The number of nitrogens with two attached hydrogens (primary N) is 1. The molecule has 2 N–H and O–H groups in total. The molecular weight excluding hydrogens is 200 g/mol. The highest BCUT2D eigenvalue weighted by molar-refractivity contribution is 5.53. The van der Waals surface area contributed by atoms with E-state index in [1.807, 2.05) is 29.2 Å². The van der Waals surface area contributed by atoms with Crippen molar-refractivity contribution in [2.75, 3.05) is 23.7 Å². The SMILES string of the molecule is N#CCCN(CCC#N)c1ccc(N)cc1. The van der Waals surface area contributed by atoms with Gasteiger partial charge in [0.15, 0.2) is 0 Å². The molecule has 0 aromatic heterocycles. The number of hydrogen-bond donors (Lipinski definition) is 1. The number of nitriles is 2. The third kappa shape index (κ3) is 3.51. The van der Waals surface area contributed by atoms with Crippen LogP contribution in [0.3, 0.4) is 0 Å². The fourth-order valence-corrected chi connectivity index (χ4v) is 1.43. The lowest BCUT2D eigenvalue weighted by Gasteiger charge is -2.22. The smallest absolute Gasteiger partial charge is 0.0640 e. The molecule has 0 aliphatic carbocycles. The minimum absolute atomic E-state index is 0.454. The van der Waals surface area contributed by atoms with Crippen LogP contribution in [-0.4, -0.2) is 13.1 Å². The summed E-state index contributed by atoms with van der Waals surface area (Å²) in [5.41, 5.74) is 7.32. The molecule has 0 fully saturated rings. The van der Waals surface area contributed by atoms with Crippen LogP contribution in [0.1, 0.15) is 12.8 Å². The Bertz CT molecular complexity index is 379. The van der Waals surface area contributed by atoms with Crippen LogP contribution >= 0.6 is 0 Å². The Labute approximate surface area is 95.5 Å². The molecule has 0 spiro atoms. The minimum Gasteiger partial charge on any atom is -0.399 e. The molecule has 0 bridgehead atoms. The first-order valence-electron chi connectivity index (χ1n) is 5.12. The van der Waals surface area contributed by atoms with Gasteiger partial charge < -0.3 is 10.6 Å². The molecule has 0 atom stereocenters. The normalized spacial score (nSPS) is 9.12. The first-order valence-corrected chi connectivity index (χ1v) is 5.12. The van der Waals surface area contributed by atoms with E-state index in [4.69, 9.17) is 16.3 Å². The summed E-state index contributed by atoms with van der Waals surface area (Å²) in [5.74, 6) is 0. The van der Waals surface area contributed by atoms with Gasteiger partial charge in [-0.05, 0) is 24.3 Å². The van der Waals surface area contributed by atoms with Gasteiger partial charge in [0, 0.05) is 24.5 Å². The Kier molecular flexibility index (Phi) is 4.69. The summed E-state index contributed by atoms with van der Waals surface area (Å²) >= 11 is 0. The van der Waals surface area contributed by atoms with Gasteiger partial charge in [0.25, 0.3) is 0 Å². The van der Waals surface area contributed by atoms with Gasteiger partial charge in [-0.15, -0.1) is 0 Å². The van der Waals surface area contributed by atoms with Crippen LogP contribution in [0.4, 0.5) is 11.4 Å². The van der Waals surface area contributed by atoms with Crippen molar-refractivity contribution in [3.8, 4) is 12.1 Å². The van der Waals surface area contributed by atoms with Crippen molar-refractivity contribution in [3.63, 3.8) is 0 Å². The fourth-order valence-electron chi connectivity index (χ4n) is 1.43. The van der Waals surface area contributed by atoms with Crippen LogP contribution in [0.15, 0.2) is 24.3 Å². The molecule has 1 aromatic rings. The van der Waals surface area contributed by atoms with Crippen LogP contribution in [-0.2, 0) is 0 Å². The topological polar surface area (TPSA) is 76.8 Å². The molecule has 0 aliphatic rings. The van der Waals surface area contributed by atoms with E-state index in [0.29, 0.717) is 31.6 Å². The number of nitrogen functional groups attached to an aromatic ring is 1. The zero-order chi connectivity index (χ0) is 11.8. The van der Waals surface area contributed by atoms with E-state index in [1.165, 1.54) is 0 Å². The second kappa shape index (κ2) is 6.31. The van der Waals surface area contributed by atoms with Gasteiger partial charge in [0.2, 0.25) is 0 Å². The molecule has 0 saturated heterocycles. The van der Waals surface area contributed by atoms with Crippen LogP contribution in [0.5, 0.6) is 0 Å². The third-order valence-electron chi connectivity index (χ3n) is 2.25. The van der Waals surface area contributed by atoms with E-state index >= 15 is 0 Å². The Morgan fingerprint density at radius 1 is 1.00 bits per heavy atom. The molecule has 4 heteroatoms. The summed E-state index contributed by atoms with van der Waals surface area (Å²) in [7, 11) is 0. The van der Waals surface area contributed by atoms with E-state index in [2.05, 4.69) is 12.1 Å². The largest absolute Gasteiger partial charge is 0.399 e. The number of hydrogen-bond acceptors (Lipinski definition) is 4. The maximum Gasteiger partial charge on any atom is 0.0640 e. The first-order chi connectivity index (χ1) is 7.77. The van der Waals surface area contributed by atoms with Crippen LogP contribution in [0.2, 0.25) is 0 Å². The van der Waals surface area contributed by atoms with Gasteiger partial charge in [-0.25, -0.2) is 0 Å². The lowest BCUT2D eigenvalue weighted by Crippen LogP contribution is -2.25. The Morgan fingerprint density at radius 2 is 1.50 bits per heavy atom. The van der Waals surface area contributed by atoms with Gasteiger partial charge in [-0.3, -0.25) is 0 Å². The van der Waals surface area contributed by atoms with E-state index in [1.54, 1.807) is 0 Å². The molecule has 0 unspecified atom stereocenters. The summed E-state index contributed by atoms with van der Waals surface area (Å²) in [6.07, 6.45) is 0.908. The van der Waals surface area contributed by atoms with Crippen molar-refractivity contribution in [2.24, 2.45) is 0 Å². The zero-order valence-electron chi connectivity index (χ0n) is 9.06. The van der Waals surface area contributed by atoms with Crippen molar-refractivity contribution in [1.29, 1.82) is 10.5 Å². The van der Waals surface area contributed by atoms with Crippen molar-refractivity contribution in [3.05, 3.63) is 24.3 Å². The lowest BCUT2D eigenvalue weighted by molar-refractivity contribution is 0.796. The maximum absolute atomic E-state index is 8.57. The second-order valence-corrected chi connectivity index (χ2v) is 3.39. The highest BCUT2D eigenvalue weighted by Gasteiger charge is 2.05. The Hall–Kier alpha value is -2.20. The van der Waals surface area contributed by atoms with Crippen molar-refractivity contribution in [1.82, 2.24) is 0 Å². The highest BCUT2D eigenvalue weighted by atomic mass is 15.1. The molecule has 1 aromatic carbocycles. The second-order valence-electron chi connectivity index (χ2n) is 3.39. The summed E-state index contributed by atoms with van der Waals surface area (Å²) in [5, 5.41) is 17.1. The summed E-state index contributed by atoms with van der Waals surface area (Å²) < 4.78 is 0. The Morgan fingerprint density at radius 3 is 1.94 bits per heavy atom. The summed E-state index contributed by atoms with van der Waals surface area (Å²) in [4.78, 5) is 2.02. The van der Waals surface area contributed by atoms with Gasteiger partial charge in [0.05, 0.1) is 25.0 Å². The van der Waals surface area contributed by atoms with Crippen molar-refractivity contribution >= 4 is 11.4 Å². The molecule has 4 nitrogen and oxygen atoms in total. The molecule has 0 radical (unpaired) electrons. The minimum atomic E-state index is 0.454. The third-order valence-corrected chi connectivity index (χ3v) is 2.25. The molecule has 1 rings (SSSR count). The monoisotopic (exact) mass is 214 g/mol. The van der Waals surface area contributed by atoms with E-state index in [9.17, 15) is 0 Å². The van der Waals surface area contributed by atoms with E-state index < -0.39 is 0 Å². The summed E-state index contributed by atoms with van der Waals surface area (Å²) in [6, 6.07) is 11.7. The molecule has 0 amide bonds. The molecule has 16 heavy (non-hydrogen) atoms. The fraction of sp³-hybridized carbons (Fsp3) is 0.333. The number of rotatable bonds is 5. The van der Waals surface area contributed by atoms with Gasteiger partial charge >= 0.3 is 0 Å². The van der Waals surface area contributed by atoms with Gasteiger partial charge in [-0.1, -0.05) is 0 Å². The van der Waals surface area contributed by atoms with E-state index in [0.717, 1.165) is 5.69 Å². The molecule has 0 saturated carbocycles. The molecule has 0 heterocycles. The van der Waals surface area contributed by atoms with Crippen molar-refractivity contribution in [2.45, 2.75) is 12.8 Å². The van der Waals surface area contributed by atoms with Crippen LogP contribution in [0.25, 0.3) is 0 Å². The highest BCUT2D eigenvalue weighted by Crippen LogP contribution is 2.16. The zero-order valence-corrected chi connectivity index (χ0v) is 9.06. The molecule has 82 valence electrons. The maximum atomic E-state index is 8.57. The number of anilines is 2. The average molecular weight is 214 g/mol. The van der Waals surface area contributed by atoms with Gasteiger partial charge in [-0.2, -0.15) is 10.5 Å². The average Bonchev–Trinajstić information content (AvgIpc) is 2.31. The first kappa shape index (κ1) is 11.9. The Balaban J connectivity index is 2.71. The predicted molar refractivity (Wildman–Crippen MR) is 63.5 cm³/mol. The van der Waals surface area contributed by atoms with E-state index in [-0.39, 0.29) is 0 Å². The number of benzene rings is 1. The van der Waals surface area contributed by atoms with Gasteiger partial charge in [0.1, 0.15) is 0 Å². The standard InChI is InChI=1S/C12H14N4/c13-7-1-9-16(10-2-8-14)12-5-3-11(15)4-6-12/h3-6H,1-2,9-10,15H2. The molecule has 0 aliphatic heterocycles. The number of nitrogens with zero attached hydrogens (tertiary/aromatic N) is 3. The lowest BCUT2D eigenvalue weighted by atomic mass is 10.2. The van der Waals surface area contributed by atoms with Crippen molar-refractivity contribution < 1.29 is 0 Å². The molecular formula is C12H14N4. The van der Waals surface area contributed by atoms with Crippen LogP contribution in [0, 0.1) is 22.7 Å². The summed E-state index contributed by atoms with van der Waals surface area (Å²) in [6.45, 7) is 1.28. The predicted octanol–water partition coefficient (Wildman–Crippen LogP) is 1.90. The quantitative estimate of drug-likeness (QED) is 0.759. The van der Waals surface area contributed by atoms with Crippen LogP contribution < -0.4 is 10.6 Å².